The van der Waals surface area contributed by atoms with E-state index in [1.54, 1.807) is 36.4 Å². The molecule has 2 aromatic rings. The topological polar surface area (TPSA) is 93.2 Å². The third kappa shape index (κ3) is 4.56. The van der Waals surface area contributed by atoms with Crippen molar-refractivity contribution in [2.45, 2.75) is 38.1 Å². The molecule has 1 aliphatic rings. The molecule has 0 atom stereocenters. The van der Waals surface area contributed by atoms with Crippen LogP contribution in [-0.4, -0.2) is 35.2 Å². The van der Waals surface area contributed by atoms with Crippen LogP contribution in [0.25, 0.3) is 0 Å². The summed E-state index contributed by atoms with van der Waals surface area (Å²) in [5, 5.41) is 14.1. The Morgan fingerprint density at radius 2 is 1.73 bits per heavy atom. The molecular weight excluding hydrogens is 332 g/mol. The molecule has 136 valence electrons. The molecule has 1 fully saturated rings. The van der Waals surface area contributed by atoms with Crippen LogP contribution in [0.3, 0.4) is 0 Å². The minimum Gasteiger partial charge on any atom is -0.465 e. The second kappa shape index (κ2) is 8.42. The van der Waals surface area contributed by atoms with Crippen LogP contribution in [0.4, 0.5) is 11.5 Å². The fourth-order valence-electron chi connectivity index (χ4n) is 2.98. The molecule has 0 unspecified atom stereocenters. The molecule has 0 spiro atoms. The molecule has 7 heteroatoms. The molecule has 1 aromatic heterocycles. The van der Waals surface area contributed by atoms with Crippen molar-refractivity contribution in [2.75, 3.05) is 12.4 Å². The molecule has 0 aliphatic heterocycles. The first-order valence-electron chi connectivity index (χ1n) is 8.76. The summed E-state index contributed by atoms with van der Waals surface area (Å²) in [4.78, 5) is 23.7. The Kier molecular flexibility index (Phi) is 5.78. The summed E-state index contributed by atoms with van der Waals surface area (Å²) in [6.45, 7) is 0. The summed E-state index contributed by atoms with van der Waals surface area (Å²) in [6.07, 6.45) is 5.62. The molecule has 1 aromatic carbocycles. The SMILES string of the molecule is COC(=O)c1ccc(Nc2ccc(C(=O)NC3CCCCC3)nn2)cc1. The van der Waals surface area contributed by atoms with Gasteiger partial charge in [0.05, 0.1) is 12.7 Å². The number of anilines is 2. The van der Waals surface area contributed by atoms with Crippen molar-refractivity contribution >= 4 is 23.4 Å². The van der Waals surface area contributed by atoms with Crippen molar-refractivity contribution in [3.8, 4) is 0 Å². The van der Waals surface area contributed by atoms with Crippen molar-refractivity contribution in [1.29, 1.82) is 0 Å². The Bertz CT molecular complexity index is 753. The summed E-state index contributed by atoms with van der Waals surface area (Å²) in [6, 6.07) is 10.4. The van der Waals surface area contributed by atoms with Gasteiger partial charge < -0.3 is 15.4 Å². The molecule has 1 aliphatic carbocycles. The lowest BCUT2D eigenvalue weighted by Gasteiger charge is -2.22. The highest BCUT2D eigenvalue weighted by Crippen LogP contribution is 2.18. The van der Waals surface area contributed by atoms with E-state index in [0.717, 1.165) is 31.4 Å². The number of benzene rings is 1. The number of aromatic nitrogens is 2. The van der Waals surface area contributed by atoms with E-state index in [-0.39, 0.29) is 17.9 Å². The molecule has 1 saturated carbocycles. The minimum atomic E-state index is -0.385. The highest BCUT2D eigenvalue weighted by Gasteiger charge is 2.17. The van der Waals surface area contributed by atoms with E-state index in [9.17, 15) is 9.59 Å². The van der Waals surface area contributed by atoms with Crippen LogP contribution in [0.5, 0.6) is 0 Å². The minimum absolute atomic E-state index is 0.182. The van der Waals surface area contributed by atoms with E-state index in [0.29, 0.717) is 17.1 Å². The molecule has 0 bridgehead atoms. The van der Waals surface area contributed by atoms with E-state index in [1.807, 2.05) is 0 Å². The van der Waals surface area contributed by atoms with Gasteiger partial charge in [-0.3, -0.25) is 4.79 Å². The van der Waals surface area contributed by atoms with Crippen molar-refractivity contribution < 1.29 is 14.3 Å². The fourth-order valence-corrected chi connectivity index (χ4v) is 2.98. The number of nitrogens with one attached hydrogen (secondary N) is 2. The maximum Gasteiger partial charge on any atom is 0.337 e. The molecule has 26 heavy (non-hydrogen) atoms. The monoisotopic (exact) mass is 354 g/mol. The molecule has 3 rings (SSSR count). The predicted octanol–water partition coefficient (Wildman–Crippen LogP) is 3.07. The maximum absolute atomic E-state index is 12.2. The van der Waals surface area contributed by atoms with Gasteiger partial charge in [0.25, 0.3) is 5.91 Å². The fraction of sp³-hybridized carbons (Fsp3) is 0.368. The van der Waals surface area contributed by atoms with Crippen LogP contribution in [0.2, 0.25) is 0 Å². The van der Waals surface area contributed by atoms with Gasteiger partial charge in [0.15, 0.2) is 11.5 Å². The number of amides is 1. The Balaban J connectivity index is 1.58. The molecule has 0 saturated heterocycles. The predicted molar refractivity (Wildman–Crippen MR) is 97.4 cm³/mol. The zero-order valence-electron chi connectivity index (χ0n) is 14.7. The van der Waals surface area contributed by atoms with Gasteiger partial charge in [-0.05, 0) is 49.2 Å². The van der Waals surface area contributed by atoms with Crippen LogP contribution in [0, 0.1) is 0 Å². The number of esters is 1. The second-order valence-corrected chi connectivity index (χ2v) is 6.31. The number of carbonyl (C=O) groups is 2. The maximum atomic E-state index is 12.2. The highest BCUT2D eigenvalue weighted by molar-refractivity contribution is 5.92. The van der Waals surface area contributed by atoms with E-state index in [1.165, 1.54) is 13.5 Å². The van der Waals surface area contributed by atoms with Crippen LogP contribution in [-0.2, 0) is 4.74 Å². The van der Waals surface area contributed by atoms with Gasteiger partial charge in [0, 0.05) is 11.7 Å². The number of methoxy groups -OCH3 is 1. The third-order valence-corrected chi connectivity index (χ3v) is 4.42. The Labute approximate surface area is 152 Å². The van der Waals surface area contributed by atoms with E-state index in [2.05, 4.69) is 25.6 Å². The highest BCUT2D eigenvalue weighted by atomic mass is 16.5. The normalized spacial score (nSPS) is 14.5. The molecular formula is C19H22N4O3. The van der Waals surface area contributed by atoms with Crippen LogP contribution >= 0.6 is 0 Å². The van der Waals surface area contributed by atoms with Gasteiger partial charge in [-0.25, -0.2) is 4.79 Å². The smallest absolute Gasteiger partial charge is 0.337 e. The first-order chi connectivity index (χ1) is 12.7. The lowest BCUT2D eigenvalue weighted by molar-refractivity contribution is 0.0600. The number of nitrogens with zero attached hydrogens (tertiary/aromatic N) is 2. The number of hydrogen-bond acceptors (Lipinski definition) is 6. The van der Waals surface area contributed by atoms with Gasteiger partial charge in [0.1, 0.15) is 0 Å². The molecule has 1 amide bonds. The number of carbonyl (C=O) groups excluding carboxylic acids is 2. The summed E-state index contributed by atoms with van der Waals surface area (Å²) < 4.78 is 4.66. The van der Waals surface area contributed by atoms with Crippen LogP contribution in [0.1, 0.15) is 53.0 Å². The quantitative estimate of drug-likeness (QED) is 0.802. The van der Waals surface area contributed by atoms with Gasteiger partial charge in [-0.1, -0.05) is 19.3 Å². The number of hydrogen-bond donors (Lipinski definition) is 2. The van der Waals surface area contributed by atoms with E-state index in [4.69, 9.17) is 0 Å². The van der Waals surface area contributed by atoms with E-state index < -0.39 is 0 Å². The third-order valence-electron chi connectivity index (χ3n) is 4.42. The van der Waals surface area contributed by atoms with E-state index >= 15 is 0 Å². The zero-order valence-corrected chi connectivity index (χ0v) is 14.7. The number of rotatable bonds is 5. The second-order valence-electron chi connectivity index (χ2n) is 6.31. The van der Waals surface area contributed by atoms with Crippen molar-refractivity contribution in [1.82, 2.24) is 15.5 Å². The van der Waals surface area contributed by atoms with Crippen LogP contribution in [0.15, 0.2) is 36.4 Å². The lowest BCUT2D eigenvalue weighted by Crippen LogP contribution is -2.36. The molecule has 7 nitrogen and oxygen atoms in total. The molecule has 0 radical (unpaired) electrons. The summed E-state index contributed by atoms with van der Waals surface area (Å²) in [5.41, 5.74) is 1.53. The molecule has 1 heterocycles. The average Bonchev–Trinajstić information content (AvgIpc) is 2.69. The largest absolute Gasteiger partial charge is 0.465 e. The van der Waals surface area contributed by atoms with Crippen molar-refractivity contribution in [3.05, 3.63) is 47.7 Å². The van der Waals surface area contributed by atoms with Gasteiger partial charge in [0.2, 0.25) is 0 Å². The summed E-state index contributed by atoms with van der Waals surface area (Å²) in [7, 11) is 1.34. The lowest BCUT2D eigenvalue weighted by atomic mass is 9.95. The van der Waals surface area contributed by atoms with Gasteiger partial charge >= 0.3 is 5.97 Å². The molecule has 2 N–H and O–H groups in total. The van der Waals surface area contributed by atoms with Gasteiger partial charge in [-0.15, -0.1) is 10.2 Å². The van der Waals surface area contributed by atoms with Crippen LogP contribution < -0.4 is 10.6 Å². The Morgan fingerprint density at radius 3 is 2.35 bits per heavy atom. The summed E-state index contributed by atoms with van der Waals surface area (Å²) in [5.74, 6) is -0.0481. The Hall–Kier alpha value is -2.96. The Morgan fingerprint density at radius 1 is 1.00 bits per heavy atom. The zero-order chi connectivity index (χ0) is 18.4. The first-order valence-corrected chi connectivity index (χ1v) is 8.76. The van der Waals surface area contributed by atoms with Crippen molar-refractivity contribution in [2.24, 2.45) is 0 Å². The standard InChI is InChI=1S/C19H22N4O3/c1-26-19(25)13-7-9-15(10-8-13)20-17-12-11-16(22-23-17)18(24)21-14-5-3-2-4-6-14/h7-12,14H,2-6H2,1H3,(H,20,23)(H,21,24). The van der Waals surface area contributed by atoms with Crippen molar-refractivity contribution in [3.63, 3.8) is 0 Å². The first kappa shape index (κ1) is 17.8. The summed E-state index contributed by atoms with van der Waals surface area (Å²) >= 11 is 0. The number of ether oxygens (including phenoxy) is 1. The average molecular weight is 354 g/mol. The van der Waals surface area contributed by atoms with Gasteiger partial charge in [-0.2, -0.15) is 0 Å².